The third kappa shape index (κ3) is 2.15. The highest BCUT2D eigenvalue weighted by Crippen LogP contribution is 2.14. The maximum Gasteiger partial charge on any atom is 0.0221 e. The zero-order valence-corrected chi connectivity index (χ0v) is 7.64. The second kappa shape index (κ2) is 3.60. The first-order valence-corrected chi connectivity index (χ1v) is 4.20. The van der Waals surface area contributed by atoms with Gasteiger partial charge in [-0.3, -0.25) is 4.31 Å². The van der Waals surface area contributed by atoms with E-state index in [-0.39, 0.29) is 0 Å². The van der Waals surface area contributed by atoms with Crippen LogP contribution in [-0.2, 0) is 0 Å². The summed E-state index contributed by atoms with van der Waals surface area (Å²) in [6.45, 7) is 2.44. The topological polar surface area (TPSA) is 6.48 Å². The Hall–Kier alpha value is 0.270. The molecule has 0 aromatic rings. The van der Waals surface area contributed by atoms with Gasteiger partial charge in [0, 0.05) is 6.04 Å². The molecule has 0 N–H and O–H groups in total. The summed E-state index contributed by atoms with van der Waals surface area (Å²) in [4.78, 5) is 2.37. The molecule has 1 heterocycles. The molecule has 10 heavy (non-hydrogen) atoms. The molecule has 0 amide bonds. The first-order valence-electron chi connectivity index (χ1n) is 3.80. The molecule has 0 unspecified atom stereocenters. The molecule has 3 heteroatoms. The smallest absolute Gasteiger partial charge is 0.0221 e. The molecule has 1 fully saturated rings. The fourth-order valence-electron chi connectivity index (χ4n) is 1.37. The maximum atomic E-state index is 4.29. The van der Waals surface area contributed by atoms with Gasteiger partial charge in [-0.05, 0) is 40.0 Å². The van der Waals surface area contributed by atoms with E-state index in [0.29, 0.717) is 6.04 Å². The summed E-state index contributed by atoms with van der Waals surface area (Å²) >= 11 is 4.29. The van der Waals surface area contributed by atoms with Crippen LogP contribution in [0.3, 0.4) is 0 Å². The Morgan fingerprint density at radius 1 is 1.40 bits per heavy atom. The molecule has 1 saturated heterocycles. The van der Waals surface area contributed by atoms with Crippen molar-refractivity contribution in [2.45, 2.75) is 18.9 Å². The van der Waals surface area contributed by atoms with E-state index < -0.39 is 0 Å². The van der Waals surface area contributed by atoms with Crippen LogP contribution in [0.4, 0.5) is 0 Å². The lowest BCUT2D eigenvalue weighted by Gasteiger charge is -2.32. The van der Waals surface area contributed by atoms with Crippen molar-refractivity contribution >= 4 is 12.8 Å². The Morgan fingerprint density at radius 3 is 2.30 bits per heavy atom. The number of hydrogen-bond donors (Lipinski definition) is 1. The molecule has 1 rings (SSSR count). The molecule has 0 radical (unpaired) electrons. The molecule has 0 saturated carbocycles. The Kier molecular flexibility index (Phi) is 3.01. The van der Waals surface area contributed by atoms with Gasteiger partial charge in [-0.2, -0.15) is 0 Å². The highest BCUT2D eigenvalue weighted by Gasteiger charge is 2.17. The summed E-state index contributed by atoms with van der Waals surface area (Å²) in [6.07, 6.45) is 2.52. The first-order chi connectivity index (χ1) is 4.70. The molecule has 0 spiro atoms. The lowest BCUT2D eigenvalue weighted by Crippen LogP contribution is -2.38. The van der Waals surface area contributed by atoms with Gasteiger partial charge in [0.15, 0.2) is 0 Å². The van der Waals surface area contributed by atoms with E-state index in [1.165, 1.54) is 25.9 Å². The molecule has 0 atom stereocenters. The van der Waals surface area contributed by atoms with Crippen LogP contribution < -0.4 is 0 Å². The second-order valence-electron chi connectivity index (χ2n) is 3.11. The van der Waals surface area contributed by atoms with Crippen molar-refractivity contribution in [3.05, 3.63) is 0 Å². The van der Waals surface area contributed by atoms with Gasteiger partial charge in [-0.1, -0.05) is 12.8 Å². The van der Waals surface area contributed by atoms with E-state index >= 15 is 0 Å². The molecule has 2 nitrogen and oxygen atoms in total. The van der Waals surface area contributed by atoms with Crippen LogP contribution in [0.15, 0.2) is 0 Å². The summed E-state index contributed by atoms with van der Waals surface area (Å²) < 4.78 is 2.03. The zero-order chi connectivity index (χ0) is 7.56. The summed E-state index contributed by atoms with van der Waals surface area (Å²) in [5.41, 5.74) is 0. The number of nitrogens with zero attached hydrogens (tertiary/aromatic N) is 2. The number of hydrogen-bond acceptors (Lipinski definition) is 3. The first kappa shape index (κ1) is 8.37. The molecule has 1 aliphatic rings. The number of rotatable bonds is 1. The average Bonchev–Trinajstić information content (AvgIpc) is 1.88. The van der Waals surface area contributed by atoms with Crippen molar-refractivity contribution in [1.29, 1.82) is 0 Å². The van der Waals surface area contributed by atoms with Crippen LogP contribution >= 0.6 is 12.8 Å². The summed E-state index contributed by atoms with van der Waals surface area (Å²) in [7, 11) is 4.22. The lowest BCUT2D eigenvalue weighted by atomic mass is 10.1. The van der Waals surface area contributed by atoms with Crippen LogP contribution in [0, 0.1) is 0 Å². The van der Waals surface area contributed by atoms with Crippen molar-refractivity contribution < 1.29 is 0 Å². The summed E-state index contributed by atoms with van der Waals surface area (Å²) in [6, 6.07) is 0.694. The summed E-state index contributed by atoms with van der Waals surface area (Å²) in [5.74, 6) is 0. The third-order valence-electron chi connectivity index (χ3n) is 2.22. The fourth-order valence-corrected chi connectivity index (χ4v) is 1.60. The minimum Gasteiger partial charge on any atom is -0.306 e. The van der Waals surface area contributed by atoms with Gasteiger partial charge in [0.25, 0.3) is 0 Å². The van der Waals surface area contributed by atoms with Gasteiger partial charge in [0.05, 0.1) is 0 Å². The van der Waals surface area contributed by atoms with Crippen LogP contribution in [0.2, 0.25) is 0 Å². The van der Waals surface area contributed by atoms with E-state index in [9.17, 15) is 0 Å². The van der Waals surface area contributed by atoms with Gasteiger partial charge in [0.1, 0.15) is 0 Å². The van der Waals surface area contributed by atoms with E-state index in [2.05, 4.69) is 24.8 Å². The van der Waals surface area contributed by atoms with Crippen LogP contribution in [-0.4, -0.2) is 42.4 Å². The molecular weight excluding hydrogens is 144 g/mol. The van der Waals surface area contributed by atoms with Crippen molar-refractivity contribution in [3.8, 4) is 0 Å². The van der Waals surface area contributed by atoms with Crippen molar-refractivity contribution in [3.63, 3.8) is 0 Å². The molecule has 0 aliphatic carbocycles. The Balaban J connectivity index is 2.26. The number of piperidine rings is 1. The average molecular weight is 160 g/mol. The normalized spacial score (nSPS) is 24.0. The van der Waals surface area contributed by atoms with Crippen molar-refractivity contribution in [2.75, 3.05) is 27.2 Å². The highest BCUT2D eigenvalue weighted by molar-refractivity contribution is 7.77. The predicted molar refractivity (Wildman–Crippen MR) is 47.3 cm³/mol. The van der Waals surface area contributed by atoms with Gasteiger partial charge < -0.3 is 4.90 Å². The SMILES string of the molecule is CN1CCC(N(C)S)CC1. The van der Waals surface area contributed by atoms with Crippen molar-refractivity contribution in [1.82, 2.24) is 9.21 Å². The minimum atomic E-state index is 0.694. The van der Waals surface area contributed by atoms with Gasteiger partial charge >= 0.3 is 0 Å². The predicted octanol–water partition coefficient (Wildman–Crippen LogP) is 0.857. The van der Waals surface area contributed by atoms with Crippen LogP contribution in [0.1, 0.15) is 12.8 Å². The molecule has 60 valence electrons. The van der Waals surface area contributed by atoms with E-state index in [0.717, 1.165) is 0 Å². The van der Waals surface area contributed by atoms with E-state index in [1.54, 1.807) is 0 Å². The van der Waals surface area contributed by atoms with Gasteiger partial charge in [0.2, 0.25) is 0 Å². The van der Waals surface area contributed by atoms with Crippen molar-refractivity contribution in [2.24, 2.45) is 0 Å². The highest BCUT2D eigenvalue weighted by atomic mass is 32.1. The third-order valence-corrected chi connectivity index (χ3v) is 2.54. The number of likely N-dealkylation sites (tertiary alicyclic amines) is 1. The summed E-state index contributed by atoms with van der Waals surface area (Å²) in [5, 5.41) is 0. The largest absolute Gasteiger partial charge is 0.306 e. The second-order valence-corrected chi connectivity index (χ2v) is 3.74. The lowest BCUT2D eigenvalue weighted by molar-refractivity contribution is 0.206. The van der Waals surface area contributed by atoms with Crippen LogP contribution in [0.25, 0.3) is 0 Å². The fraction of sp³-hybridized carbons (Fsp3) is 1.00. The zero-order valence-electron chi connectivity index (χ0n) is 6.75. The molecule has 0 aromatic carbocycles. The Labute approximate surface area is 68.7 Å². The molecule has 0 bridgehead atoms. The molecular formula is C7H16N2S. The minimum absolute atomic E-state index is 0.694. The van der Waals surface area contributed by atoms with Gasteiger partial charge in [-0.25, -0.2) is 0 Å². The van der Waals surface area contributed by atoms with Gasteiger partial charge in [-0.15, -0.1) is 0 Å². The monoisotopic (exact) mass is 160 g/mol. The number of thiol groups is 1. The Morgan fingerprint density at radius 2 is 1.90 bits per heavy atom. The molecule has 1 aliphatic heterocycles. The van der Waals surface area contributed by atoms with E-state index in [4.69, 9.17) is 0 Å². The quantitative estimate of drug-likeness (QED) is 0.568. The molecule has 0 aromatic heterocycles. The standard InChI is InChI=1S/C7H16N2S/c1-8-5-3-7(4-6-8)9(2)10/h7,10H,3-6H2,1-2H3. The maximum absolute atomic E-state index is 4.29. The Bertz CT molecular complexity index is 97.8. The van der Waals surface area contributed by atoms with E-state index in [1.807, 2.05) is 11.4 Å². The van der Waals surface area contributed by atoms with Crippen LogP contribution in [0.5, 0.6) is 0 Å².